The number of hydrogen-bond acceptors (Lipinski definition) is 3. The first-order valence-corrected chi connectivity index (χ1v) is 11.0. The minimum Gasteiger partial charge on any atom is -0.414 e. The predicted octanol–water partition coefficient (Wildman–Crippen LogP) is 4.22. The molecule has 0 heterocycles. The second-order valence-corrected chi connectivity index (χ2v) is 12.4. The molecule has 0 aromatic heterocycles. The average Bonchev–Trinajstić information content (AvgIpc) is 2.44. The molecular weight excluding hydrogens is 292 g/mol. The first-order valence-electron chi connectivity index (χ1n) is 8.07. The first-order chi connectivity index (χ1) is 10.1. The van der Waals surface area contributed by atoms with E-state index in [1.807, 2.05) is 37.3 Å². The molecule has 1 aromatic rings. The van der Waals surface area contributed by atoms with E-state index in [2.05, 4.69) is 33.9 Å². The van der Waals surface area contributed by atoms with Crippen LogP contribution in [0, 0.1) is 5.92 Å². The van der Waals surface area contributed by atoms with Gasteiger partial charge in [-0.1, -0.05) is 58.0 Å². The van der Waals surface area contributed by atoms with E-state index in [1.165, 1.54) is 0 Å². The third kappa shape index (κ3) is 6.21. The lowest BCUT2D eigenvalue weighted by Crippen LogP contribution is -2.43. The van der Waals surface area contributed by atoms with Crippen LogP contribution in [0.25, 0.3) is 0 Å². The maximum Gasteiger partial charge on any atom is 0.192 e. The molecule has 126 valence electrons. The van der Waals surface area contributed by atoms with Crippen molar-refractivity contribution in [3.63, 3.8) is 0 Å². The summed E-state index contributed by atoms with van der Waals surface area (Å²) in [5, 5.41) is 10.4. The zero-order chi connectivity index (χ0) is 16.8. The van der Waals surface area contributed by atoms with Crippen LogP contribution in [0.1, 0.15) is 33.3 Å². The molecule has 0 aliphatic rings. The normalized spacial score (nSPS) is 15.6. The van der Waals surface area contributed by atoms with Gasteiger partial charge in [-0.15, -0.1) is 0 Å². The molecule has 4 heteroatoms. The third-order valence-corrected chi connectivity index (χ3v) is 9.07. The Morgan fingerprint density at radius 3 is 2.23 bits per heavy atom. The van der Waals surface area contributed by atoms with Gasteiger partial charge in [0, 0.05) is 5.92 Å². The lowest BCUT2D eigenvalue weighted by atomic mass is 10.1. The van der Waals surface area contributed by atoms with Crippen LogP contribution in [0.4, 0.5) is 0 Å². The van der Waals surface area contributed by atoms with E-state index in [4.69, 9.17) is 9.16 Å². The van der Waals surface area contributed by atoms with Gasteiger partial charge in [-0.2, -0.15) is 0 Å². The molecule has 0 fully saturated rings. The molecule has 0 unspecified atom stereocenters. The Morgan fingerprint density at radius 1 is 1.09 bits per heavy atom. The van der Waals surface area contributed by atoms with Crippen molar-refractivity contribution < 1.29 is 14.3 Å². The van der Waals surface area contributed by atoms with E-state index in [1.54, 1.807) is 0 Å². The highest BCUT2D eigenvalue weighted by atomic mass is 28.4. The van der Waals surface area contributed by atoms with Crippen molar-refractivity contribution in [2.24, 2.45) is 5.92 Å². The topological polar surface area (TPSA) is 38.7 Å². The highest BCUT2D eigenvalue weighted by molar-refractivity contribution is 6.74. The standard InChI is InChI=1S/C18H32O3Si/c1-15(12-20-13-16-10-8-7-9-11-16)17(19)14-21-22(5,6)18(2,3)4/h7-11,15,17,19H,12-14H2,1-6H3/t15-,17+/m0/s1. The minimum atomic E-state index is -1.80. The summed E-state index contributed by atoms with van der Waals surface area (Å²) in [6, 6.07) is 10.1. The number of aliphatic hydroxyl groups is 1. The summed E-state index contributed by atoms with van der Waals surface area (Å²) in [6.45, 7) is 14.6. The Morgan fingerprint density at radius 2 is 1.68 bits per heavy atom. The summed E-state index contributed by atoms with van der Waals surface area (Å²) < 4.78 is 11.8. The Bertz CT molecular complexity index is 426. The summed E-state index contributed by atoms with van der Waals surface area (Å²) in [5.74, 6) is 0.0634. The molecule has 0 saturated carbocycles. The zero-order valence-corrected chi connectivity index (χ0v) is 15.9. The molecule has 1 aromatic carbocycles. The fraction of sp³-hybridized carbons (Fsp3) is 0.667. The van der Waals surface area contributed by atoms with Gasteiger partial charge in [0.15, 0.2) is 8.32 Å². The van der Waals surface area contributed by atoms with Crippen LogP contribution in [0.15, 0.2) is 30.3 Å². The Kier molecular flexibility index (Phi) is 7.26. The fourth-order valence-corrected chi connectivity index (χ4v) is 2.74. The van der Waals surface area contributed by atoms with Crippen molar-refractivity contribution >= 4 is 8.32 Å². The Balaban J connectivity index is 2.32. The Labute approximate surface area is 136 Å². The predicted molar refractivity (Wildman–Crippen MR) is 94.4 cm³/mol. The van der Waals surface area contributed by atoms with Crippen molar-refractivity contribution in [2.75, 3.05) is 13.2 Å². The van der Waals surface area contributed by atoms with Gasteiger partial charge in [-0.25, -0.2) is 0 Å². The van der Waals surface area contributed by atoms with E-state index in [0.717, 1.165) is 5.56 Å². The number of hydrogen-bond donors (Lipinski definition) is 1. The highest BCUT2D eigenvalue weighted by Crippen LogP contribution is 2.36. The zero-order valence-electron chi connectivity index (χ0n) is 14.9. The summed E-state index contributed by atoms with van der Waals surface area (Å²) in [4.78, 5) is 0. The van der Waals surface area contributed by atoms with Crippen molar-refractivity contribution in [1.82, 2.24) is 0 Å². The van der Waals surface area contributed by atoms with Gasteiger partial charge in [0.1, 0.15) is 0 Å². The highest BCUT2D eigenvalue weighted by Gasteiger charge is 2.37. The maximum absolute atomic E-state index is 10.3. The molecule has 0 aliphatic carbocycles. The summed E-state index contributed by atoms with van der Waals surface area (Å²) >= 11 is 0. The minimum absolute atomic E-state index is 0.0634. The summed E-state index contributed by atoms with van der Waals surface area (Å²) in [6.07, 6.45) is -0.482. The van der Waals surface area contributed by atoms with Crippen molar-refractivity contribution in [1.29, 1.82) is 0 Å². The number of ether oxygens (including phenoxy) is 1. The molecule has 0 spiro atoms. The van der Waals surface area contributed by atoms with Crippen molar-refractivity contribution in [3.8, 4) is 0 Å². The number of rotatable bonds is 8. The quantitative estimate of drug-likeness (QED) is 0.728. The molecule has 0 amide bonds. The molecule has 22 heavy (non-hydrogen) atoms. The van der Waals surface area contributed by atoms with Gasteiger partial charge >= 0.3 is 0 Å². The van der Waals surface area contributed by atoms with E-state index in [-0.39, 0.29) is 11.0 Å². The molecule has 3 nitrogen and oxygen atoms in total. The van der Waals surface area contributed by atoms with Crippen molar-refractivity contribution in [2.45, 2.75) is 58.5 Å². The number of benzene rings is 1. The summed E-state index contributed by atoms with van der Waals surface area (Å²) in [5.41, 5.74) is 1.15. The van der Waals surface area contributed by atoms with Crippen LogP contribution in [-0.4, -0.2) is 32.7 Å². The average molecular weight is 325 g/mol. The van der Waals surface area contributed by atoms with Crippen LogP contribution in [0.2, 0.25) is 18.1 Å². The molecule has 0 radical (unpaired) electrons. The Hall–Kier alpha value is -0.683. The van der Waals surface area contributed by atoms with E-state index < -0.39 is 14.4 Å². The molecule has 0 bridgehead atoms. The van der Waals surface area contributed by atoms with Crippen LogP contribution in [0.5, 0.6) is 0 Å². The van der Waals surface area contributed by atoms with Crippen LogP contribution < -0.4 is 0 Å². The van der Waals surface area contributed by atoms with Gasteiger partial charge in [0.25, 0.3) is 0 Å². The second kappa shape index (κ2) is 8.25. The summed E-state index contributed by atoms with van der Waals surface area (Å²) in [7, 11) is -1.80. The maximum atomic E-state index is 10.3. The van der Waals surface area contributed by atoms with Crippen LogP contribution in [0.3, 0.4) is 0 Å². The molecule has 1 rings (SSSR count). The van der Waals surface area contributed by atoms with Crippen LogP contribution >= 0.6 is 0 Å². The first kappa shape index (κ1) is 19.4. The van der Waals surface area contributed by atoms with Crippen LogP contribution in [-0.2, 0) is 15.8 Å². The largest absolute Gasteiger partial charge is 0.414 e. The monoisotopic (exact) mass is 324 g/mol. The lowest BCUT2D eigenvalue weighted by molar-refractivity contribution is 0.00450. The van der Waals surface area contributed by atoms with Crippen molar-refractivity contribution in [3.05, 3.63) is 35.9 Å². The molecule has 0 aliphatic heterocycles. The fourth-order valence-electron chi connectivity index (χ4n) is 1.72. The van der Waals surface area contributed by atoms with Gasteiger partial charge < -0.3 is 14.3 Å². The second-order valence-electron chi connectivity index (χ2n) is 7.62. The van der Waals surface area contributed by atoms with Gasteiger partial charge in [-0.05, 0) is 23.7 Å². The van der Waals surface area contributed by atoms with Gasteiger partial charge in [-0.3, -0.25) is 0 Å². The van der Waals surface area contributed by atoms with E-state index >= 15 is 0 Å². The SMILES string of the molecule is C[C@@H](COCc1ccccc1)[C@H](O)CO[Si](C)(C)C(C)(C)C. The molecule has 2 atom stereocenters. The van der Waals surface area contributed by atoms with E-state index in [9.17, 15) is 5.11 Å². The lowest BCUT2D eigenvalue weighted by Gasteiger charge is -2.37. The number of aliphatic hydroxyl groups excluding tert-OH is 1. The molecule has 0 saturated heterocycles. The van der Waals surface area contributed by atoms with Gasteiger partial charge in [0.05, 0.1) is 25.9 Å². The van der Waals surface area contributed by atoms with E-state index in [0.29, 0.717) is 19.8 Å². The third-order valence-electron chi connectivity index (χ3n) is 4.57. The molecule has 1 N–H and O–H groups in total. The smallest absolute Gasteiger partial charge is 0.192 e. The molecular formula is C18H32O3Si. The van der Waals surface area contributed by atoms with Gasteiger partial charge in [0.2, 0.25) is 0 Å².